The molecular weight excluding hydrogens is 180 g/mol. The largest absolute Gasteiger partial charge is 0.388 e. The second kappa shape index (κ2) is 4.30. The maximum absolute atomic E-state index is 11.5. The first kappa shape index (κ1) is 10.8. The molecule has 1 saturated carbocycles. The fourth-order valence-corrected chi connectivity index (χ4v) is 1.16. The molecule has 0 aromatic rings. The molecule has 1 aliphatic rings. The quantitative estimate of drug-likeness (QED) is 0.454. The first-order chi connectivity index (χ1) is 6.50. The monoisotopic (exact) mass is 198 g/mol. The smallest absolute Gasteiger partial charge is 0.317 e. The molecule has 0 bridgehead atoms. The van der Waals surface area contributed by atoms with Crippen LogP contribution in [0.4, 0.5) is 4.79 Å². The van der Waals surface area contributed by atoms with Crippen molar-refractivity contribution in [3.63, 3.8) is 0 Å². The summed E-state index contributed by atoms with van der Waals surface area (Å²) in [7, 11) is 1.73. The number of hydrogen-bond donors (Lipinski definition) is 3. The summed E-state index contributed by atoms with van der Waals surface area (Å²) in [6.07, 6.45) is 2.59. The lowest BCUT2D eigenvalue weighted by Crippen LogP contribution is -2.44. The van der Waals surface area contributed by atoms with Gasteiger partial charge in [-0.1, -0.05) is 0 Å². The maximum atomic E-state index is 11.5. The Morgan fingerprint density at radius 1 is 1.71 bits per heavy atom. The van der Waals surface area contributed by atoms with E-state index in [1.54, 1.807) is 11.9 Å². The summed E-state index contributed by atoms with van der Waals surface area (Å²) in [5.74, 6) is 0.114. The van der Waals surface area contributed by atoms with E-state index in [4.69, 9.17) is 11.1 Å². The Hall–Kier alpha value is -1.26. The Balaban J connectivity index is 2.33. The molecule has 2 amide bonds. The zero-order valence-electron chi connectivity index (χ0n) is 8.71. The molecule has 0 aromatic heterocycles. The van der Waals surface area contributed by atoms with Gasteiger partial charge in [0, 0.05) is 25.6 Å². The van der Waals surface area contributed by atoms with Crippen LogP contribution < -0.4 is 11.1 Å². The standard InChI is InChI=1S/C9H18N4O/c1-6(5-8(10)11)13(2)9(14)12-7-3-4-7/h6-7H,3-5H2,1-2H3,(H3,10,11)(H,12,14). The van der Waals surface area contributed by atoms with Crippen molar-refractivity contribution in [1.82, 2.24) is 10.2 Å². The van der Waals surface area contributed by atoms with E-state index in [-0.39, 0.29) is 17.9 Å². The minimum absolute atomic E-state index is 0.0220. The van der Waals surface area contributed by atoms with Gasteiger partial charge < -0.3 is 16.0 Å². The lowest BCUT2D eigenvalue weighted by Gasteiger charge is -2.24. The predicted octanol–water partition coefficient (Wildman–Crippen LogP) is 0.505. The van der Waals surface area contributed by atoms with Crippen LogP contribution in [0.25, 0.3) is 0 Å². The molecule has 0 aromatic carbocycles. The number of carbonyl (C=O) groups is 1. The van der Waals surface area contributed by atoms with Crippen molar-refractivity contribution in [2.75, 3.05) is 7.05 Å². The molecule has 1 rings (SSSR count). The fraction of sp³-hybridized carbons (Fsp3) is 0.778. The van der Waals surface area contributed by atoms with E-state index in [2.05, 4.69) is 5.32 Å². The van der Waals surface area contributed by atoms with E-state index >= 15 is 0 Å². The highest BCUT2D eigenvalue weighted by molar-refractivity contribution is 5.79. The third kappa shape index (κ3) is 3.24. The van der Waals surface area contributed by atoms with Crippen LogP contribution in [0.5, 0.6) is 0 Å². The molecule has 4 N–H and O–H groups in total. The minimum atomic E-state index is -0.0683. The van der Waals surface area contributed by atoms with Gasteiger partial charge in [0.2, 0.25) is 0 Å². The highest BCUT2D eigenvalue weighted by atomic mass is 16.2. The summed E-state index contributed by atoms with van der Waals surface area (Å²) in [6.45, 7) is 1.88. The summed E-state index contributed by atoms with van der Waals surface area (Å²) >= 11 is 0. The number of nitrogens with zero attached hydrogens (tertiary/aromatic N) is 1. The van der Waals surface area contributed by atoms with Gasteiger partial charge >= 0.3 is 6.03 Å². The summed E-state index contributed by atoms with van der Waals surface area (Å²) < 4.78 is 0. The average Bonchev–Trinajstić information content (AvgIpc) is 2.85. The van der Waals surface area contributed by atoms with Crippen molar-refractivity contribution in [3.05, 3.63) is 0 Å². The summed E-state index contributed by atoms with van der Waals surface area (Å²) in [5.41, 5.74) is 5.27. The van der Waals surface area contributed by atoms with E-state index in [0.29, 0.717) is 12.5 Å². The Labute approximate surface area is 84.1 Å². The average molecular weight is 198 g/mol. The molecule has 0 saturated heterocycles. The van der Waals surface area contributed by atoms with Gasteiger partial charge in [0.25, 0.3) is 0 Å². The molecule has 0 heterocycles. The number of hydrogen-bond acceptors (Lipinski definition) is 2. The van der Waals surface area contributed by atoms with Crippen LogP contribution in [0, 0.1) is 5.41 Å². The molecule has 1 fully saturated rings. The predicted molar refractivity (Wildman–Crippen MR) is 55.3 cm³/mol. The first-order valence-corrected chi connectivity index (χ1v) is 4.87. The van der Waals surface area contributed by atoms with Crippen LogP contribution in [-0.2, 0) is 0 Å². The second-order valence-corrected chi connectivity index (χ2v) is 3.91. The summed E-state index contributed by atoms with van der Waals surface area (Å²) in [4.78, 5) is 13.1. The zero-order valence-corrected chi connectivity index (χ0v) is 8.71. The minimum Gasteiger partial charge on any atom is -0.388 e. The third-order valence-electron chi connectivity index (χ3n) is 2.40. The van der Waals surface area contributed by atoms with Gasteiger partial charge in [-0.05, 0) is 19.8 Å². The van der Waals surface area contributed by atoms with Crippen LogP contribution >= 0.6 is 0 Å². The van der Waals surface area contributed by atoms with E-state index < -0.39 is 0 Å². The number of rotatable bonds is 4. The molecule has 80 valence electrons. The summed E-state index contributed by atoms with van der Waals surface area (Å²) in [6, 6.07) is 0.280. The number of nitrogens with one attached hydrogen (secondary N) is 2. The van der Waals surface area contributed by atoms with Gasteiger partial charge in [0.1, 0.15) is 0 Å². The molecule has 1 atom stereocenters. The normalized spacial score (nSPS) is 17.3. The van der Waals surface area contributed by atoms with Crippen LogP contribution in [0.15, 0.2) is 0 Å². The summed E-state index contributed by atoms with van der Waals surface area (Å²) in [5, 5.41) is 10.0. The number of carbonyl (C=O) groups excluding carboxylic acids is 1. The van der Waals surface area contributed by atoms with Crippen molar-refractivity contribution in [2.45, 2.75) is 38.3 Å². The molecule has 5 heteroatoms. The topological polar surface area (TPSA) is 82.2 Å². The number of amidine groups is 1. The molecular formula is C9H18N4O. The van der Waals surface area contributed by atoms with Crippen LogP contribution in [0.1, 0.15) is 26.2 Å². The Morgan fingerprint density at radius 3 is 2.71 bits per heavy atom. The second-order valence-electron chi connectivity index (χ2n) is 3.91. The Morgan fingerprint density at radius 2 is 2.29 bits per heavy atom. The maximum Gasteiger partial charge on any atom is 0.317 e. The highest BCUT2D eigenvalue weighted by Crippen LogP contribution is 2.19. The van der Waals surface area contributed by atoms with Crippen molar-refractivity contribution in [3.8, 4) is 0 Å². The van der Waals surface area contributed by atoms with E-state index in [0.717, 1.165) is 12.8 Å². The molecule has 1 unspecified atom stereocenters. The van der Waals surface area contributed by atoms with Crippen LogP contribution in [-0.4, -0.2) is 35.9 Å². The van der Waals surface area contributed by atoms with Crippen LogP contribution in [0.3, 0.4) is 0 Å². The van der Waals surface area contributed by atoms with Crippen molar-refractivity contribution >= 4 is 11.9 Å². The molecule has 0 spiro atoms. The molecule has 0 radical (unpaired) electrons. The van der Waals surface area contributed by atoms with Gasteiger partial charge in [-0.15, -0.1) is 0 Å². The van der Waals surface area contributed by atoms with Gasteiger partial charge in [0.05, 0.1) is 5.84 Å². The van der Waals surface area contributed by atoms with Gasteiger partial charge in [0.15, 0.2) is 0 Å². The number of nitrogens with two attached hydrogens (primary N) is 1. The van der Waals surface area contributed by atoms with Crippen LogP contribution in [0.2, 0.25) is 0 Å². The zero-order chi connectivity index (χ0) is 10.7. The van der Waals surface area contributed by atoms with Gasteiger partial charge in [-0.3, -0.25) is 5.41 Å². The highest BCUT2D eigenvalue weighted by Gasteiger charge is 2.26. The molecule has 1 aliphatic carbocycles. The lowest BCUT2D eigenvalue weighted by molar-refractivity contribution is 0.195. The van der Waals surface area contributed by atoms with Crippen molar-refractivity contribution in [1.29, 1.82) is 5.41 Å². The van der Waals surface area contributed by atoms with E-state index in [1.807, 2.05) is 6.92 Å². The molecule has 0 aliphatic heterocycles. The molecule has 14 heavy (non-hydrogen) atoms. The van der Waals surface area contributed by atoms with Gasteiger partial charge in [-0.25, -0.2) is 4.79 Å². The van der Waals surface area contributed by atoms with E-state index in [1.165, 1.54) is 0 Å². The Bertz CT molecular complexity index is 237. The molecule has 5 nitrogen and oxygen atoms in total. The lowest BCUT2D eigenvalue weighted by atomic mass is 10.2. The Kier molecular flexibility index (Phi) is 3.33. The fourth-order valence-electron chi connectivity index (χ4n) is 1.16. The SMILES string of the molecule is CC(CC(=N)N)N(C)C(=O)NC1CC1. The number of urea groups is 1. The number of amides is 2. The van der Waals surface area contributed by atoms with E-state index in [9.17, 15) is 4.79 Å². The third-order valence-corrected chi connectivity index (χ3v) is 2.40. The van der Waals surface area contributed by atoms with Crippen molar-refractivity contribution in [2.24, 2.45) is 5.73 Å². The van der Waals surface area contributed by atoms with Gasteiger partial charge in [-0.2, -0.15) is 0 Å². The first-order valence-electron chi connectivity index (χ1n) is 4.87. The van der Waals surface area contributed by atoms with Crippen molar-refractivity contribution < 1.29 is 4.79 Å².